The minimum Gasteiger partial charge on any atom is -0.383 e. The van der Waals surface area contributed by atoms with Crippen molar-refractivity contribution in [2.24, 2.45) is 7.05 Å². The van der Waals surface area contributed by atoms with Gasteiger partial charge in [-0.2, -0.15) is 0 Å². The number of hydrogen-bond donors (Lipinski definition) is 1. The van der Waals surface area contributed by atoms with E-state index >= 15 is 0 Å². The van der Waals surface area contributed by atoms with Crippen LogP contribution in [0.15, 0.2) is 28.3 Å². The molecule has 0 spiro atoms. The number of benzene rings is 1. The van der Waals surface area contributed by atoms with Gasteiger partial charge in [0.2, 0.25) is 5.16 Å². The zero-order valence-electron chi connectivity index (χ0n) is 11.3. The minimum atomic E-state index is -0.274. The number of rotatable bonds is 7. The fourth-order valence-electron chi connectivity index (χ4n) is 1.55. The van der Waals surface area contributed by atoms with E-state index < -0.39 is 0 Å². The maximum atomic E-state index is 14.0. The Balaban J connectivity index is 1.97. The van der Waals surface area contributed by atoms with Crippen molar-refractivity contribution >= 4 is 11.8 Å². The van der Waals surface area contributed by atoms with E-state index in [0.717, 1.165) is 12.1 Å². The highest BCUT2D eigenvalue weighted by atomic mass is 32.2. The zero-order chi connectivity index (χ0) is 14.4. The Kier molecular flexibility index (Phi) is 5.45. The summed E-state index contributed by atoms with van der Waals surface area (Å²) in [4.78, 5) is 0.503. The highest BCUT2D eigenvalue weighted by Crippen LogP contribution is 2.27. The maximum Gasteiger partial charge on any atom is 0.213 e. The van der Waals surface area contributed by atoms with Gasteiger partial charge in [-0.15, -0.1) is 5.10 Å². The third kappa shape index (κ3) is 3.99. The topological polar surface area (TPSA) is 64.9 Å². The van der Waals surface area contributed by atoms with Gasteiger partial charge in [-0.1, -0.05) is 6.07 Å². The molecule has 0 aliphatic rings. The van der Waals surface area contributed by atoms with E-state index in [4.69, 9.17) is 4.74 Å². The monoisotopic (exact) mass is 297 g/mol. The summed E-state index contributed by atoms with van der Waals surface area (Å²) in [6.07, 6.45) is 0. The van der Waals surface area contributed by atoms with Crippen molar-refractivity contribution in [3.8, 4) is 0 Å². The molecule has 6 nitrogen and oxygen atoms in total. The van der Waals surface area contributed by atoms with Crippen molar-refractivity contribution in [2.45, 2.75) is 16.6 Å². The molecule has 0 amide bonds. The van der Waals surface area contributed by atoms with Gasteiger partial charge in [-0.25, -0.2) is 9.07 Å². The van der Waals surface area contributed by atoms with E-state index in [1.165, 1.54) is 22.5 Å². The lowest BCUT2D eigenvalue weighted by atomic mass is 10.2. The maximum absolute atomic E-state index is 14.0. The van der Waals surface area contributed by atoms with Crippen LogP contribution in [-0.4, -0.2) is 40.5 Å². The molecule has 0 atom stereocenters. The number of aryl methyl sites for hydroxylation is 1. The van der Waals surface area contributed by atoms with Gasteiger partial charge < -0.3 is 10.1 Å². The largest absolute Gasteiger partial charge is 0.383 e. The van der Waals surface area contributed by atoms with Gasteiger partial charge in [-0.3, -0.25) is 0 Å². The highest BCUT2D eigenvalue weighted by Gasteiger charge is 2.09. The number of hydrogen-bond acceptors (Lipinski definition) is 6. The van der Waals surface area contributed by atoms with Crippen molar-refractivity contribution in [1.29, 1.82) is 0 Å². The SMILES string of the molecule is COCCNCc1ccc(Sc2nnnn2C)c(F)c1. The van der Waals surface area contributed by atoms with E-state index in [1.807, 2.05) is 6.07 Å². The first-order valence-corrected chi connectivity index (χ1v) is 6.90. The average Bonchev–Trinajstić information content (AvgIpc) is 2.83. The standard InChI is InChI=1S/C12H16FN5OS/c1-18-12(15-16-17-18)20-11-4-3-9(7-10(11)13)8-14-5-6-19-2/h3-4,7,14H,5-6,8H2,1-2H3. The molecule has 1 N–H and O–H groups in total. The van der Waals surface area contributed by atoms with Crippen LogP contribution in [0.25, 0.3) is 0 Å². The predicted molar refractivity (Wildman–Crippen MR) is 72.9 cm³/mol. The zero-order valence-corrected chi connectivity index (χ0v) is 12.2. The first kappa shape index (κ1) is 14.9. The first-order chi connectivity index (χ1) is 9.70. The molecule has 20 heavy (non-hydrogen) atoms. The molecule has 1 aromatic carbocycles. The van der Waals surface area contributed by atoms with Crippen LogP contribution >= 0.6 is 11.8 Å². The Labute approximate surface area is 120 Å². The Hall–Kier alpha value is -1.51. The van der Waals surface area contributed by atoms with Gasteiger partial charge in [0.1, 0.15) is 5.82 Å². The van der Waals surface area contributed by atoms with Crippen molar-refractivity contribution in [3.05, 3.63) is 29.6 Å². The number of halogens is 1. The summed E-state index contributed by atoms with van der Waals surface area (Å²) in [7, 11) is 3.36. The molecule has 0 saturated heterocycles. The Morgan fingerprint density at radius 1 is 1.45 bits per heavy atom. The molecular weight excluding hydrogens is 281 g/mol. The molecule has 2 rings (SSSR count). The smallest absolute Gasteiger partial charge is 0.213 e. The van der Waals surface area contributed by atoms with E-state index in [0.29, 0.717) is 23.2 Å². The molecule has 108 valence electrons. The minimum absolute atomic E-state index is 0.274. The van der Waals surface area contributed by atoms with Gasteiger partial charge in [-0.05, 0) is 39.9 Å². The molecule has 0 aliphatic carbocycles. The van der Waals surface area contributed by atoms with Gasteiger partial charge in [0, 0.05) is 27.2 Å². The molecule has 0 bridgehead atoms. The first-order valence-electron chi connectivity index (χ1n) is 6.09. The van der Waals surface area contributed by atoms with E-state index in [9.17, 15) is 4.39 Å². The second-order valence-electron chi connectivity index (χ2n) is 4.12. The Morgan fingerprint density at radius 2 is 2.30 bits per heavy atom. The average molecular weight is 297 g/mol. The van der Waals surface area contributed by atoms with Crippen LogP contribution in [0.2, 0.25) is 0 Å². The van der Waals surface area contributed by atoms with Crippen molar-refractivity contribution in [1.82, 2.24) is 25.5 Å². The molecule has 0 radical (unpaired) electrons. The van der Waals surface area contributed by atoms with Crippen molar-refractivity contribution in [2.75, 3.05) is 20.3 Å². The van der Waals surface area contributed by atoms with Gasteiger partial charge in [0.25, 0.3) is 0 Å². The van der Waals surface area contributed by atoms with E-state index in [1.54, 1.807) is 20.2 Å². The van der Waals surface area contributed by atoms with Crippen LogP contribution in [0.1, 0.15) is 5.56 Å². The predicted octanol–water partition coefficient (Wildman–Crippen LogP) is 1.24. The second-order valence-corrected chi connectivity index (χ2v) is 5.13. The molecule has 0 fully saturated rings. The molecule has 1 heterocycles. The number of methoxy groups -OCH3 is 1. The molecule has 0 saturated carbocycles. The fourth-order valence-corrected chi connectivity index (χ4v) is 2.29. The van der Waals surface area contributed by atoms with Gasteiger partial charge in [0.15, 0.2) is 0 Å². The lowest BCUT2D eigenvalue weighted by molar-refractivity contribution is 0.199. The van der Waals surface area contributed by atoms with E-state index in [2.05, 4.69) is 20.8 Å². The lowest BCUT2D eigenvalue weighted by Gasteiger charge is -2.06. The summed E-state index contributed by atoms with van der Waals surface area (Å²) in [5.74, 6) is -0.274. The Bertz CT molecular complexity index is 563. The summed E-state index contributed by atoms with van der Waals surface area (Å²) in [6.45, 7) is 1.98. The molecule has 2 aromatic rings. The fraction of sp³-hybridized carbons (Fsp3) is 0.417. The van der Waals surface area contributed by atoms with Gasteiger partial charge >= 0.3 is 0 Å². The van der Waals surface area contributed by atoms with Crippen LogP contribution in [0, 0.1) is 5.82 Å². The quantitative estimate of drug-likeness (QED) is 0.776. The van der Waals surface area contributed by atoms with Crippen LogP contribution in [-0.2, 0) is 18.3 Å². The van der Waals surface area contributed by atoms with Gasteiger partial charge in [0.05, 0.1) is 11.5 Å². The molecule has 0 unspecified atom stereocenters. The molecule has 8 heteroatoms. The second kappa shape index (κ2) is 7.32. The number of nitrogens with one attached hydrogen (secondary N) is 1. The number of ether oxygens (including phenoxy) is 1. The molecule has 0 aliphatic heterocycles. The van der Waals surface area contributed by atoms with E-state index in [-0.39, 0.29) is 5.82 Å². The number of aromatic nitrogens is 4. The normalized spacial score (nSPS) is 10.9. The summed E-state index contributed by atoms with van der Waals surface area (Å²) >= 11 is 1.20. The number of nitrogens with zero attached hydrogens (tertiary/aromatic N) is 4. The van der Waals surface area contributed by atoms with Crippen LogP contribution < -0.4 is 5.32 Å². The van der Waals surface area contributed by atoms with Crippen LogP contribution in [0.4, 0.5) is 4.39 Å². The third-order valence-corrected chi connectivity index (χ3v) is 3.67. The molecule has 1 aromatic heterocycles. The van der Waals surface area contributed by atoms with Crippen molar-refractivity contribution in [3.63, 3.8) is 0 Å². The molecular formula is C12H16FN5OS. The Morgan fingerprint density at radius 3 is 2.95 bits per heavy atom. The van der Waals surface area contributed by atoms with Crippen LogP contribution in [0.5, 0.6) is 0 Å². The van der Waals surface area contributed by atoms with Crippen molar-refractivity contribution < 1.29 is 9.13 Å². The summed E-state index contributed by atoms with van der Waals surface area (Å²) < 4.78 is 20.4. The number of tetrazole rings is 1. The van der Waals surface area contributed by atoms with Crippen LogP contribution in [0.3, 0.4) is 0 Å². The summed E-state index contributed by atoms with van der Waals surface area (Å²) in [5.41, 5.74) is 0.888. The summed E-state index contributed by atoms with van der Waals surface area (Å²) in [6, 6.07) is 5.14. The summed E-state index contributed by atoms with van der Waals surface area (Å²) in [5, 5.41) is 14.8. The lowest BCUT2D eigenvalue weighted by Crippen LogP contribution is -2.18. The third-order valence-electron chi connectivity index (χ3n) is 2.59. The highest BCUT2D eigenvalue weighted by molar-refractivity contribution is 7.99.